The van der Waals surface area contributed by atoms with Gasteiger partial charge in [0.1, 0.15) is 5.75 Å². The number of fused-ring (bicyclic) bond motifs is 1. The van der Waals surface area contributed by atoms with E-state index in [4.69, 9.17) is 14.9 Å². The predicted octanol–water partition coefficient (Wildman–Crippen LogP) is 0.255. The molecule has 0 radical (unpaired) electrons. The molecule has 2 amide bonds. The Morgan fingerprint density at radius 3 is 2.85 bits per heavy atom. The third-order valence-corrected chi connectivity index (χ3v) is 3.05. The van der Waals surface area contributed by atoms with Crippen LogP contribution in [0.5, 0.6) is 5.75 Å². The molecule has 7 nitrogen and oxygen atoms in total. The van der Waals surface area contributed by atoms with Crippen LogP contribution in [-0.4, -0.2) is 41.5 Å². The second-order valence-corrected chi connectivity index (χ2v) is 4.42. The lowest BCUT2D eigenvalue weighted by Gasteiger charge is -2.27. The second kappa shape index (κ2) is 6.25. The summed E-state index contributed by atoms with van der Waals surface area (Å²) in [5.41, 5.74) is 0.852. The lowest BCUT2D eigenvalue weighted by atomic mass is 10.0. The molecule has 1 aliphatic rings. The summed E-state index contributed by atoms with van der Waals surface area (Å²) in [6, 6.07) is 5.16. The summed E-state index contributed by atoms with van der Waals surface area (Å²) in [6.45, 7) is -0.183. The monoisotopic (exact) mass is 280 g/mol. The molecule has 20 heavy (non-hydrogen) atoms. The Morgan fingerprint density at radius 1 is 1.40 bits per heavy atom. The minimum Gasteiger partial charge on any atom is -0.493 e. The first-order valence-corrected chi connectivity index (χ1v) is 6.24. The van der Waals surface area contributed by atoms with Crippen LogP contribution >= 0.6 is 0 Å². The van der Waals surface area contributed by atoms with Gasteiger partial charge < -0.3 is 25.6 Å². The van der Waals surface area contributed by atoms with Crippen LogP contribution < -0.4 is 15.4 Å². The van der Waals surface area contributed by atoms with Gasteiger partial charge in [-0.1, -0.05) is 18.2 Å². The molecular weight excluding hydrogens is 264 g/mol. The van der Waals surface area contributed by atoms with Crippen LogP contribution in [0, 0.1) is 0 Å². The van der Waals surface area contributed by atoms with Gasteiger partial charge in [-0.05, 0) is 6.07 Å². The number of carbonyl (C=O) groups excluding carboxylic acids is 1. The molecule has 2 atom stereocenters. The van der Waals surface area contributed by atoms with Crippen LogP contribution in [0.4, 0.5) is 4.79 Å². The third-order valence-electron chi connectivity index (χ3n) is 3.05. The maximum atomic E-state index is 11.8. The SMILES string of the molecule is O=C(NC1CCOc2ccccc21)N[C@H](CO)C(=O)O. The van der Waals surface area contributed by atoms with E-state index in [1.165, 1.54) is 0 Å². The molecule has 1 aromatic carbocycles. The molecule has 1 heterocycles. The molecule has 7 heteroatoms. The molecule has 0 spiro atoms. The zero-order valence-electron chi connectivity index (χ0n) is 10.7. The van der Waals surface area contributed by atoms with Crippen molar-refractivity contribution in [2.45, 2.75) is 18.5 Å². The minimum atomic E-state index is -1.31. The van der Waals surface area contributed by atoms with Crippen LogP contribution in [0.3, 0.4) is 0 Å². The van der Waals surface area contributed by atoms with Crippen molar-refractivity contribution in [2.24, 2.45) is 0 Å². The van der Waals surface area contributed by atoms with Gasteiger partial charge in [-0.3, -0.25) is 0 Å². The number of urea groups is 1. The van der Waals surface area contributed by atoms with Crippen molar-refractivity contribution in [3.05, 3.63) is 29.8 Å². The van der Waals surface area contributed by atoms with E-state index >= 15 is 0 Å². The van der Waals surface area contributed by atoms with Gasteiger partial charge in [0.05, 0.1) is 19.3 Å². The molecule has 108 valence electrons. The van der Waals surface area contributed by atoms with Crippen LogP contribution in [0.2, 0.25) is 0 Å². The fourth-order valence-electron chi connectivity index (χ4n) is 2.04. The summed E-state index contributed by atoms with van der Waals surface area (Å²) in [6.07, 6.45) is 0.599. The number of carboxylic acid groups (broad SMARTS) is 1. The fraction of sp³-hybridized carbons (Fsp3) is 0.385. The maximum Gasteiger partial charge on any atom is 0.328 e. The highest BCUT2D eigenvalue weighted by atomic mass is 16.5. The molecular formula is C13H16N2O5. The van der Waals surface area contributed by atoms with E-state index in [-0.39, 0.29) is 6.04 Å². The van der Waals surface area contributed by atoms with Gasteiger partial charge in [-0.2, -0.15) is 0 Å². The number of benzene rings is 1. The molecule has 0 aliphatic carbocycles. The van der Waals surface area contributed by atoms with E-state index in [2.05, 4.69) is 10.6 Å². The smallest absolute Gasteiger partial charge is 0.328 e. The van der Waals surface area contributed by atoms with Gasteiger partial charge in [0.25, 0.3) is 0 Å². The summed E-state index contributed by atoms with van der Waals surface area (Å²) < 4.78 is 5.47. The number of para-hydroxylation sites is 1. The summed E-state index contributed by atoms with van der Waals surface area (Å²) >= 11 is 0. The van der Waals surface area contributed by atoms with E-state index in [9.17, 15) is 9.59 Å². The van der Waals surface area contributed by atoms with Gasteiger partial charge in [-0.15, -0.1) is 0 Å². The largest absolute Gasteiger partial charge is 0.493 e. The summed E-state index contributed by atoms with van der Waals surface area (Å²) in [4.78, 5) is 22.5. The molecule has 0 saturated carbocycles. The number of aliphatic carboxylic acids is 1. The minimum absolute atomic E-state index is 0.243. The first-order valence-electron chi connectivity index (χ1n) is 6.24. The van der Waals surface area contributed by atoms with Crippen molar-refractivity contribution in [1.29, 1.82) is 0 Å². The normalized spacial score (nSPS) is 18.4. The molecule has 1 aliphatic heterocycles. The Hall–Kier alpha value is -2.28. The van der Waals surface area contributed by atoms with E-state index in [1.807, 2.05) is 24.3 Å². The first kappa shape index (κ1) is 14.1. The number of carbonyl (C=O) groups is 2. The van der Waals surface area contributed by atoms with Crippen LogP contribution in [0.25, 0.3) is 0 Å². The highest BCUT2D eigenvalue weighted by molar-refractivity contribution is 5.82. The van der Waals surface area contributed by atoms with Crippen molar-refractivity contribution in [3.8, 4) is 5.75 Å². The number of aliphatic hydroxyl groups is 1. The number of hydrogen-bond acceptors (Lipinski definition) is 4. The average molecular weight is 280 g/mol. The Balaban J connectivity index is 2.01. The number of hydrogen-bond donors (Lipinski definition) is 4. The Morgan fingerprint density at radius 2 is 2.15 bits per heavy atom. The molecule has 2 rings (SSSR count). The number of aliphatic hydroxyl groups excluding tert-OH is 1. The van der Waals surface area contributed by atoms with Crippen LogP contribution in [0.1, 0.15) is 18.0 Å². The molecule has 1 unspecified atom stereocenters. The molecule has 0 fully saturated rings. The van der Waals surface area contributed by atoms with Crippen LogP contribution in [-0.2, 0) is 4.79 Å². The lowest BCUT2D eigenvalue weighted by Crippen LogP contribution is -2.49. The first-order chi connectivity index (χ1) is 9.61. The second-order valence-electron chi connectivity index (χ2n) is 4.42. The Labute approximate surface area is 115 Å². The zero-order valence-corrected chi connectivity index (χ0v) is 10.7. The fourth-order valence-corrected chi connectivity index (χ4v) is 2.04. The van der Waals surface area contributed by atoms with Crippen molar-refractivity contribution >= 4 is 12.0 Å². The van der Waals surface area contributed by atoms with Crippen molar-refractivity contribution < 1.29 is 24.5 Å². The van der Waals surface area contributed by atoms with E-state index in [0.29, 0.717) is 18.8 Å². The average Bonchev–Trinajstić information content (AvgIpc) is 2.45. The molecule has 0 bridgehead atoms. The van der Waals surface area contributed by atoms with Gasteiger partial charge in [0.2, 0.25) is 0 Å². The van der Waals surface area contributed by atoms with Gasteiger partial charge in [0.15, 0.2) is 6.04 Å². The van der Waals surface area contributed by atoms with E-state index in [1.54, 1.807) is 0 Å². The van der Waals surface area contributed by atoms with Crippen molar-refractivity contribution in [2.75, 3.05) is 13.2 Å². The van der Waals surface area contributed by atoms with Gasteiger partial charge in [0, 0.05) is 12.0 Å². The van der Waals surface area contributed by atoms with Crippen molar-refractivity contribution in [3.63, 3.8) is 0 Å². The van der Waals surface area contributed by atoms with Crippen molar-refractivity contribution in [1.82, 2.24) is 10.6 Å². The van der Waals surface area contributed by atoms with Gasteiger partial charge >= 0.3 is 12.0 Å². The van der Waals surface area contributed by atoms with Gasteiger partial charge in [-0.25, -0.2) is 9.59 Å². The quantitative estimate of drug-likeness (QED) is 0.632. The molecule has 0 saturated heterocycles. The Bertz CT molecular complexity index is 505. The zero-order chi connectivity index (χ0) is 14.5. The highest BCUT2D eigenvalue weighted by Gasteiger charge is 2.24. The molecule has 0 aromatic heterocycles. The third kappa shape index (κ3) is 3.18. The number of carboxylic acids is 1. The predicted molar refractivity (Wildman–Crippen MR) is 69.5 cm³/mol. The standard InChI is InChI=1S/C13H16N2O5/c16-7-10(12(17)18)15-13(19)14-9-5-6-20-11-4-2-1-3-8(9)11/h1-4,9-10,16H,5-7H2,(H,17,18)(H2,14,15,19)/t9?,10-/m1/s1. The molecule has 1 aromatic rings. The highest BCUT2D eigenvalue weighted by Crippen LogP contribution is 2.31. The topological polar surface area (TPSA) is 108 Å². The summed E-state index contributed by atoms with van der Waals surface area (Å²) in [5, 5.41) is 22.5. The lowest BCUT2D eigenvalue weighted by molar-refractivity contribution is -0.140. The molecule has 4 N–H and O–H groups in total. The summed E-state index contributed by atoms with van der Waals surface area (Å²) in [7, 11) is 0. The summed E-state index contributed by atoms with van der Waals surface area (Å²) in [5.74, 6) is -0.573. The Kier molecular flexibility index (Phi) is 4.41. The number of ether oxygens (including phenoxy) is 1. The number of nitrogens with one attached hydrogen (secondary N) is 2. The van der Waals surface area contributed by atoms with E-state index < -0.39 is 24.6 Å². The maximum absolute atomic E-state index is 11.8. The van der Waals surface area contributed by atoms with Crippen LogP contribution in [0.15, 0.2) is 24.3 Å². The number of rotatable bonds is 4. The number of amides is 2. The van der Waals surface area contributed by atoms with E-state index in [0.717, 1.165) is 5.56 Å².